The quantitative estimate of drug-likeness (QED) is 0.514. The van der Waals surface area contributed by atoms with Gasteiger partial charge in [0.15, 0.2) is 17.3 Å². The topological polar surface area (TPSA) is 68.8 Å². The minimum atomic E-state index is -0.412. The number of para-hydroxylation sites is 2. The minimum Gasteiger partial charge on any atom is -0.493 e. The molecule has 0 fully saturated rings. The second-order valence-corrected chi connectivity index (χ2v) is 8.50. The first-order chi connectivity index (χ1) is 16.6. The number of carbonyl (C=O) groups is 1. The van der Waals surface area contributed by atoms with Crippen LogP contribution in [0.1, 0.15) is 35.9 Å². The Bertz CT molecular complexity index is 1250. The van der Waals surface area contributed by atoms with E-state index in [1.807, 2.05) is 54.6 Å². The molecule has 6 heteroatoms. The van der Waals surface area contributed by atoms with Gasteiger partial charge >= 0.3 is 0 Å². The van der Waals surface area contributed by atoms with Gasteiger partial charge < -0.3 is 24.8 Å². The zero-order valence-electron chi connectivity index (χ0n) is 19.6. The summed E-state index contributed by atoms with van der Waals surface area (Å²) < 4.78 is 16.9. The first-order valence-electron chi connectivity index (χ1n) is 11.4. The predicted molar refractivity (Wildman–Crippen MR) is 133 cm³/mol. The molecule has 0 amide bonds. The Morgan fingerprint density at radius 3 is 2.18 bits per heavy atom. The number of ether oxygens (including phenoxy) is 3. The van der Waals surface area contributed by atoms with Crippen molar-refractivity contribution in [1.82, 2.24) is 0 Å². The van der Waals surface area contributed by atoms with E-state index in [9.17, 15) is 4.79 Å². The van der Waals surface area contributed by atoms with E-state index in [4.69, 9.17) is 14.2 Å². The van der Waals surface area contributed by atoms with Gasteiger partial charge in [0.25, 0.3) is 0 Å². The van der Waals surface area contributed by atoms with Crippen LogP contribution in [0.5, 0.6) is 17.2 Å². The Kier molecular flexibility index (Phi) is 5.88. The van der Waals surface area contributed by atoms with Crippen LogP contribution in [0, 0.1) is 0 Å². The largest absolute Gasteiger partial charge is 0.493 e. The van der Waals surface area contributed by atoms with Gasteiger partial charge in [0, 0.05) is 23.3 Å². The van der Waals surface area contributed by atoms with Crippen molar-refractivity contribution in [3.63, 3.8) is 0 Å². The van der Waals surface area contributed by atoms with Gasteiger partial charge in [0.1, 0.15) is 0 Å². The average Bonchev–Trinajstić information content (AvgIpc) is 3.05. The summed E-state index contributed by atoms with van der Waals surface area (Å²) in [6.07, 6.45) is 1.20. The highest BCUT2D eigenvalue weighted by Crippen LogP contribution is 2.49. The molecule has 2 atom stereocenters. The van der Waals surface area contributed by atoms with Gasteiger partial charge in [-0.05, 0) is 42.2 Å². The summed E-state index contributed by atoms with van der Waals surface area (Å²) in [6.45, 7) is 0. The van der Waals surface area contributed by atoms with Crippen molar-refractivity contribution in [2.24, 2.45) is 0 Å². The van der Waals surface area contributed by atoms with Crippen LogP contribution < -0.4 is 24.8 Å². The SMILES string of the molecule is COc1ccc([C@@H]2Nc3ccccc3NC3=C2C(=O)C[C@H](c2ccccc2)C3)c(OC)c1OC. The summed E-state index contributed by atoms with van der Waals surface area (Å²) in [5.41, 5.74) is 5.52. The summed E-state index contributed by atoms with van der Waals surface area (Å²) in [6, 6.07) is 21.6. The van der Waals surface area contributed by atoms with Crippen molar-refractivity contribution < 1.29 is 19.0 Å². The minimum absolute atomic E-state index is 0.116. The zero-order chi connectivity index (χ0) is 23.7. The molecule has 3 aromatic carbocycles. The molecule has 0 bridgehead atoms. The maximum Gasteiger partial charge on any atom is 0.203 e. The Morgan fingerprint density at radius 2 is 1.47 bits per heavy atom. The highest BCUT2D eigenvalue weighted by atomic mass is 16.5. The van der Waals surface area contributed by atoms with Crippen LogP contribution in [0.15, 0.2) is 78.0 Å². The Labute approximate surface area is 199 Å². The van der Waals surface area contributed by atoms with E-state index in [1.165, 1.54) is 5.56 Å². The van der Waals surface area contributed by atoms with Gasteiger partial charge in [-0.25, -0.2) is 0 Å². The second-order valence-electron chi connectivity index (χ2n) is 8.50. The highest BCUT2D eigenvalue weighted by molar-refractivity contribution is 6.01. The Hall–Kier alpha value is -3.93. The average molecular weight is 457 g/mol. The normalized spacial score (nSPS) is 19.2. The van der Waals surface area contributed by atoms with Crippen molar-refractivity contribution in [1.29, 1.82) is 0 Å². The number of hydrogen-bond acceptors (Lipinski definition) is 6. The summed E-state index contributed by atoms with van der Waals surface area (Å²) in [7, 11) is 4.78. The van der Waals surface area contributed by atoms with E-state index in [1.54, 1.807) is 21.3 Å². The first-order valence-corrected chi connectivity index (χ1v) is 11.4. The fraction of sp³-hybridized carbons (Fsp3) is 0.250. The fourth-order valence-electron chi connectivity index (χ4n) is 5.04. The lowest BCUT2D eigenvalue weighted by Crippen LogP contribution is -2.27. The molecule has 5 rings (SSSR count). The maximum absolute atomic E-state index is 13.7. The highest BCUT2D eigenvalue weighted by Gasteiger charge is 2.37. The molecular weight excluding hydrogens is 428 g/mol. The lowest BCUT2D eigenvalue weighted by Gasteiger charge is -2.30. The number of fused-ring (bicyclic) bond motifs is 1. The van der Waals surface area contributed by atoms with Gasteiger partial charge in [0.2, 0.25) is 5.75 Å². The molecule has 2 N–H and O–H groups in total. The van der Waals surface area contributed by atoms with E-state index >= 15 is 0 Å². The molecule has 0 saturated heterocycles. The van der Waals surface area contributed by atoms with E-state index in [0.29, 0.717) is 23.7 Å². The summed E-state index contributed by atoms with van der Waals surface area (Å²) in [5, 5.41) is 7.19. The summed E-state index contributed by atoms with van der Waals surface area (Å²) in [5.74, 6) is 1.86. The van der Waals surface area contributed by atoms with Gasteiger partial charge in [-0.15, -0.1) is 0 Å². The van der Waals surface area contributed by atoms with Crippen LogP contribution >= 0.6 is 0 Å². The van der Waals surface area contributed by atoms with Gasteiger partial charge in [0.05, 0.1) is 38.7 Å². The van der Waals surface area contributed by atoms with Crippen LogP contribution in [-0.2, 0) is 4.79 Å². The Balaban J connectivity index is 1.67. The molecule has 0 radical (unpaired) electrons. The number of nitrogens with one attached hydrogen (secondary N) is 2. The number of anilines is 2. The van der Waals surface area contributed by atoms with Crippen LogP contribution in [0.2, 0.25) is 0 Å². The molecule has 1 aliphatic carbocycles. The molecular formula is C28H28N2O4. The van der Waals surface area contributed by atoms with Crippen LogP contribution in [0.25, 0.3) is 0 Å². The van der Waals surface area contributed by atoms with Crippen molar-refractivity contribution in [2.75, 3.05) is 32.0 Å². The zero-order valence-corrected chi connectivity index (χ0v) is 19.6. The molecule has 3 aromatic rings. The van der Waals surface area contributed by atoms with E-state index < -0.39 is 6.04 Å². The predicted octanol–water partition coefficient (Wildman–Crippen LogP) is 5.69. The van der Waals surface area contributed by atoms with Crippen LogP contribution in [0.4, 0.5) is 11.4 Å². The molecule has 1 aliphatic heterocycles. The Morgan fingerprint density at radius 1 is 0.765 bits per heavy atom. The van der Waals surface area contributed by atoms with Gasteiger partial charge in [-0.2, -0.15) is 0 Å². The molecule has 1 heterocycles. The number of allylic oxidation sites excluding steroid dienone is 1. The fourth-order valence-corrected chi connectivity index (χ4v) is 5.04. The smallest absolute Gasteiger partial charge is 0.203 e. The third-order valence-electron chi connectivity index (χ3n) is 6.63. The molecule has 0 spiro atoms. The van der Waals surface area contributed by atoms with Crippen molar-refractivity contribution in [3.05, 3.63) is 89.1 Å². The first kappa shape index (κ1) is 21.9. The molecule has 0 saturated carbocycles. The standard InChI is InChI=1S/C28H28N2O4/c1-32-24-14-13-19(27(33-2)28(24)34-3)26-25-22(29-20-11-7-8-12-21(20)30-26)15-18(16-23(25)31)17-9-5-4-6-10-17/h4-14,18,26,29-30H,15-16H2,1-3H3/t18-,26+/m1/s1. The van der Waals surface area contributed by atoms with Crippen molar-refractivity contribution in [3.8, 4) is 17.2 Å². The second kappa shape index (κ2) is 9.14. The number of Topliss-reactive ketones (excluding diaryl/α,β-unsaturated/α-hetero) is 1. The third kappa shape index (κ3) is 3.75. The van der Waals surface area contributed by atoms with Crippen LogP contribution in [-0.4, -0.2) is 27.1 Å². The lowest BCUT2D eigenvalue weighted by molar-refractivity contribution is -0.116. The number of benzene rings is 3. The van der Waals surface area contributed by atoms with Gasteiger partial charge in [-0.3, -0.25) is 4.79 Å². The number of ketones is 1. The van der Waals surface area contributed by atoms with Crippen LogP contribution in [0.3, 0.4) is 0 Å². The molecule has 34 heavy (non-hydrogen) atoms. The number of carbonyl (C=O) groups excluding carboxylic acids is 1. The number of hydrogen-bond donors (Lipinski definition) is 2. The summed E-state index contributed by atoms with van der Waals surface area (Å²) >= 11 is 0. The molecule has 174 valence electrons. The summed E-state index contributed by atoms with van der Waals surface area (Å²) in [4.78, 5) is 13.7. The van der Waals surface area contributed by atoms with Crippen molar-refractivity contribution in [2.45, 2.75) is 24.8 Å². The third-order valence-corrected chi connectivity index (χ3v) is 6.63. The molecule has 0 unspecified atom stereocenters. The van der Waals surface area contributed by atoms with E-state index in [-0.39, 0.29) is 11.7 Å². The number of rotatable bonds is 5. The van der Waals surface area contributed by atoms with Gasteiger partial charge in [-0.1, -0.05) is 42.5 Å². The monoisotopic (exact) mass is 456 g/mol. The van der Waals surface area contributed by atoms with E-state index in [2.05, 4.69) is 22.8 Å². The molecule has 0 aromatic heterocycles. The molecule has 2 aliphatic rings. The molecule has 6 nitrogen and oxygen atoms in total. The van der Waals surface area contributed by atoms with E-state index in [0.717, 1.165) is 34.6 Å². The maximum atomic E-state index is 13.7. The lowest BCUT2D eigenvalue weighted by atomic mass is 9.78. The number of methoxy groups -OCH3 is 3. The van der Waals surface area contributed by atoms with Crippen molar-refractivity contribution >= 4 is 17.2 Å².